The molecule has 1 N–H and O–H groups in total. The fraction of sp³-hybridized carbons (Fsp3) is 0.667. The van der Waals surface area contributed by atoms with Gasteiger partial charge in [-0.05, 0) is 45.4 Å². The minimum absolute atomic E-state index is 0.0120. The molecule has 0 bridgehead atoms. The van der Waals surface area contributed by atoms with Crippen molar-refractivity contribution in [1.29, 1.82) is 0 Å². The average molecular weight is 442 g/mol. The van der Waals surface area contributed by atoms with E-state index in [0.717, 1.165) is 13.1 Å². The van der Waals surface area contributed by atoms with Gasteiger partial charge in [-0.1, -0.05) is 6.92 Å². The van der Waals surface area contributed by atoms with E-state index in [4.69, 9.17) is 9.47 Å². The van der Waals surface area contributed by atoms with Crippen LogP contribution < -0.4 is 14.8 Å². The first-order chi connectivity index (χ1) is 14.2. The van der Waals surface area contributed by atoms with E-state index in [9.17, 15) is 13.2 Å². The summed E-state index contributed by atoms with van der Waals surface area (Å²) in [6.07, 6.45) is 1.03. The molecule has 0 spiro atoms. The van der Waals surface area contributed by atoms with E-state index >= 15 is 0 Å². The fourth-order valence-corrected chi connectivity index (χ4v) is 5.22. The minimum Gasteiger partial charge on any atom is -0.493 e. The Hall–Kier alpha value is -1.84. The Balaban J connectivity index is 1.92. The number of benzene rings is 1. The number of methoxy groups -OCH3 is 2. The third-order valence-electron chi connectivity index (χ3n) is 5.65. The van der Waals surface area contributed by atoms with Gasteiger partial charge in [0, 0.05) is 44.2 Å². The summed E-state index contributed by atoms with van der Waals surface area (Å²) in [4.78, 5) is 14.9. The van der Waals surface area contributed by atoms with Crippen LogP contribution in [0.25, 0.3) is 0 Å². The van der Waals surface area contributed by atoms with Gasteiger partial charge in [0.2, 0.25) is 15.9 Å². The summed E-state index contributed by atoms with van der Waals surface area (Å²) in [5, 5.41) is 3.01. The molecule has 8 nitrogen and oxygen atoms in total. The summed E-state index contributed by atoms with van der Waals surface area (Å²) in [6.45, 7) is 9.39. The van der Waals surface area contributed by atoms with Crippen molar-refractivity contribution < 1.29 is 22.7 Å². The van der Waals surface area contributed by atoms with Crippen LogP contribution in [0.2, 0.25) is 0 Å². The average Bonchev–Trinajstić information content (AvgIpc) is 2.75. The van der Waals surface area contributed by atoms with Gasteiger partial charge in [-0.25, -0.2) is 8.42 Å². The first-order valence-electron chi connectivity index (χ1n) is 10.5. The molecule has 0 unspecified atom stereocenters. The number of nitrogens with zero attached hydrogens (tertiary/aromatic N) is 2. The molecule has 1 fully saturated rings. The molecule has 1 aromatic rings. The molecular formula is C21H35N3O5S. The third kappa shape index (κ3) is 5.86. The normalized spacial score (nSPS) is 16.1. The van der Waals surface area contributed by atoms with Crippen LogP contribution in [0.1, 0.15) is 33.6 Å². The molecule has 0 atom stereocenters. The van der Waals surface area contributed by atoms with E-state index in [1.54, 1.807) is 6.07 Å². The van der Waals surface area contributed by atoms with Gasteiger partial charge in [0.15, 0.2) is 11.5 Å². The van der Waals surface area contributed by atoms with E-state index in [0.29, 0.717) is 50.0 Å². The molecule has 1 saturated heterocycles. The largest absolute Gasteiger partial charge is 0.493 e. The van der Waals surface area contributed by atoms with Crippen LogP contribution in [-0.2, 0) is 14.8 Å². The number of amides is 1. The quantitative estimate of drug-likeness (QED) is 0.597. The van der Waals surface area contributed by atoms with Gasteiger partial charge >= 0.3 is 0 Å². The number of piperidine rings is 1. The molecule has 0 aromatic heterocycles. The summed E-state index contributed by atoms with van der Waals surface area (Å²) < 4.78 is 37.8. The van der Waals surface area contributed by atoms with Gasteiger partial charge in [0.1, 0.15) is 0 Å². The maximum Gasteiger partial charge on any atom is 0.243 e. The number of carbonyl (C=O) groups is 1. The minimum atomic E-state index is -3.65. The Kier molecular flexibility index (Phi) is 8.93. The zero-order chi connectivity index (χ0) is 22.3. The van der Waals surface area contributed by atoms with E-state index in [2.05, 4.69) is 31.0 Å². The van der Waals surface area contributed by atoms with Crippen molar-refractivity contribution in [3.63, 3.8) is 0 Å². The molecular weight excluding hydrogens is 406 g/mol. The molecule has 1 aliphatic heterocycles. The molecule has 2 rings (SSSR count). The molecule has 1 heterocycles. The topological polar surface area (TPSA) is 88.2 Å². The van der Waals surface area contributed by atoms with Crippen LogP contribution in [-0.4, -0.2) is 76.5 Å². The molecule has 30 heavy (non-hydrogen) atoms. The number of rotatable bonds is 10. The maximum atomic E-state index is 13.0. The van der Waals surface area contributed by atoms with Crippen molar-refractivity contribution in [2.75, 3.05) is 46.9 Å². The smallest absolute Gasteiger partial charge is 0.243 e. The zero-order valence-corrected chi connectivity index (χ0v) is 19.5. The summed E-state index contributed by atoms with van der Waals surface area (Å²) in [5.41, 5.74) is 0. The van der Waals surface area contributed by atoms with Crippen LogP contribution in [0.3, 0.4) is 0 Å². The Bertz CT molecular complexity index is 805. The lowest BCUT2D eigenvalue weighted by atomic mass is 9.97. The van der Waals surface area contributed by atoms with Crippen LogP contribution >= 0.6 is 0 Å². The molecule has 1 amide bonds. The Morgan fingerprint density at radius 2 is 1.83 bits per heavy atom. The van der Waals surface area contributed by atoms with Gasteiger partial charge in [0.25, 0.3) is 0 Å². The number of carbonyl (C=O) groups excluding carboxylic acids is 1. The van der Waals surface area contributed by atoms with Crippen molar-refractivity contribution >= 4 is 15.9 Å². The molecule has 0 saturated carbocycles. The number of ether oxygens (including phenoxy) is 2. The van der Waals surface area contributed by atoms with Gasteiger partial charge in [-0.3, -0.25) is 9.69 Å². The number of likely N-dealkylation sites (N-methyl/N-ethyl adjacent to an activating group) is 1. The highest BCUT2D eigenvalue weighted by Gasteiger charge is 2.32. The van der Waals surface area contributed by atoms with E-state index in [1.807, 2.05) is 0 Å². The monoisotopic (exact) mass is 441 g/mol. The lowest BCUT2D eigenvalue weighted by molar-refractivity contribution is -0.126. The number of sulfonamides is 1. The van der Waals surface area contributed by atoms with Crippen molar-refractivity contribution in [2.24, 2.45) is 5.92 Å². The Labute approximate surface area is 180 Å². The fourth-order valence-electron chi connectivity index (χ4n) is 3.73. The van der Waals surface area contributed by atoms with E-state index in [1.165, 1.54) is 30.7 Å². The lowest BCUT2D eigenvalue weighted by Gasteiger charge is -2.31. The SMILES string of the molecule is CCN(CCNC(=O)C1CCN(S(=O)(=O)c2ccc(OC)c(OC)c2)CC1)C(C)C. The second-order valence-corrected chi connectivity index (χ2v) is 9.65. The second kappa shape index (κ2) is 11.0. The van der Waals surface area contributed by atoms with E-state index < -0.39 is 10.0 Å². The standard InChI is InChI=1S/C21H35N3O5S/c1-6-23(16(2)3)14-11-22-21(25)17-9-12-24(13-10-17)30(26,27)18-7-8-19(28-4)20(15-18)29-5/h7-8,15-17H,6,9-14H2,1-5H3,(H,22,25). The van der Waals surface area contributed by atoms with Gasteiger partial charge in [0.05, 0.1) is 19.1 Å². The molecule has 0 aliphatic carbocycles. The highest BCUT2D eigenvalue weighted by Crippen LogP contribution is 2.31. The Morgan fingerprint density at radius 3 is 2.37 bits per heavy atom. The maximum absolute atomic E-state index is 13.0. The second-order valence-electron chi connectivity index (χ2n) is 7.71. The summed E-state index contributed by atoms with van der Waals surface area (Å²) in [7, 11) is -0.675. The summed E-state index contributed by atoms with van der Waals surface area (Å²) in [6, 6.07) is 5.02. The van der Waals surface area contributed by atoms with Gasteiger partial charge in [-0.15, -0.1) is 0 Å². The highest BCUT2D eigenvalue weighted by molar-refractivity contribution is 7.89. The van der Waals surface area contributed by atoms with Crippen molar-refractivity contribution in [3.05, 3.63) is 18.2 Å². The van der Waals surface area contributed by atoms with Gasteiger partial charge in [-0.2, -0.15) is 4.31 Å². The van der Waals surface area contributed by atoms with Crippen LogP contribution in [0, 0.1) is 5.92 Å². The van der Waals surface area contributed by atoms with Crippen molar-refractivity contribution in [2.45, 2.75) is 44.6 Å². The molecule has 170 valence electrons. The van der Waals surface area contributed by atoms with Gasteiger partial charge < -0.3 is 14.8 Å². The predicted octanol–water partition coefficient (Wildman–Crippen LogP) is 1.95. The predicted molar refractivity (Wildman–Crippen MR) is 116 cm³/mol. The first-order valence-corrected chi connectivity index (χ1v) is 11.9. The lowest BCUT2D eigenvalue weighted by Crippen LogP contribution is -2.44. The first kappa shape index (κ1) is 24.4. The zero-order valence-electron chi connectivity index (χ0n) is 18.7. The number of hydrogen-bond donors (Lipinski definition) is 1. The summed E-state index contributed by atoms with van der Waals surface area (Å²) in [5.74, 6) is 0.704. The molecule has 1 aliphatic rings. The van der Waals surface area contributed by atoms with E-state index in [-0.39, 0.29) is 16.7 Å². The van der Waals surface area contributed by atoms with Crippen LogP contribution in [0.4, 0.5) is 0 Å². The molecule has 0 radical (unpaired) electrons. The molecule has 9 heteroatoms. The van der Waals surface area contributed by atoms with Crippen molar-refractivity contribution in [3.8, 4) is 11.5 Å². The molecule has 1 aromatic carbocycles. The summed E-state index contributed by atoms with van der Waals surface area (Å²) >= 11 is 0. The number of hydrogen-bond acceptors (Lipinski definition) is 6. The van der Waals surface area contributed by atoms with Crippen molar-refractivity contribution in [1.82, 2.24) is 14.5 Å². The Morgan fingerprint density at radius 1 is 1.20 bits per heavy atom. The third-order valence-corrected chi connectivity index (χ3v) is 7.55. The van der Waals surface area contributed by atoms with Crippen LogP contribution in [0.5, 0.6) is 11.5 Å². The highest BCUT2D eigenvalue weighted by atomic mass is 32.2. The number of nitrogens with one attached hydrogen (secondary N) is 1. The van der Waals surface area contributed by atoms with Crippen LogP contribution in [0.15, 0.2) is 23.1 Å².